The second-order valence-corrected chi connectivity index (χ2v) is 5.99. The SMILES string of the molecule is CC1(O)c2ccncc2C(C)(O)c2c1[nH]c1ccccc21. The smallest absolute Gasteiger partial charge is 0.127 e. The Labute approximate surface area is 122 Å². The van der Waals surface area contributed by atoms with Crippen LogP contribution in [0.5, 0.6) is 0 Å². The number of aromatic amines is 1. The van der Waals surface area contributed by atoms with Crippen molar-refractivity contribution >= 4 is 10.9 Å². The average molecular weight is 280 g/mol. The number of hydrogen-bond acceptors (Lipinski definition) is 3. The molecular formula is C17H16N2O2. The highest BCUT2D eigenvalue weighted by Crippen LogP contribution is 2.49. The molecule has 2 heterocycles. The summed E-state index contributed by atoms with van der Waals surface area (Å²) in [5.74, 6) is 0. The third-order valence-electron chi connectivity index (χ3n) is 4.55. The van der Waals surface area contributed by atoms with Crippen LogP contribution in [0.1, 0.15) is 36.2 Å². The third-order valence-corrected chi connectivity index (χ3v) is 4.55. The molecule has 2 unspecified atom stereocenters. The highest BCUT2D eigenvalue weighted by atomic mass is 16.3. The van der Waals surface area contributed by atoms with Gasteiger partial charge in [0.1, 0.15) is 11.2 Å². The van der Waals surface area contributed by atoms with Gasteiger partial charge in [0.2, 0.25) is 0 Å². The molecule has 3 N–H and O–H groups in total. The van der Waals surface area contributed by atoms with E-state index in [0.29, 0.717) is 16.8 Å². The predicted molar refractivity (Wildman–Crippen MR) is 79.9 cm³/mol. The first-order valence-corrected chi connectivity index (χ1v) is 6.95. The normalized spacial score (nSPS) is 27.4. The molecule has 2 aromatic heterocycles. The lowest BCUT2D eigenvalue weighted by molar-refractivity contribution is 0.0493. The quantitative estimate of drug-likeness (QED) is 0.592. The molecule has 2 atom stereocenters. The fourth-order valence-electron chi connectivity index (χ4n) is 3.49. The molecule has 0 saturated heterocycles. The first-order valence-electron chi connectivity index (χ1n) is 6.95. The van der Waals surface area contributed by atoms with Gasteiger partial charge in [-0.2, -0.15) is 0 Å². The molecule has 4 heteroatoms. The van der Waals surface area contributed by atoms with Crippen molar-refractivity contribution in [1.29, 1.82) is 0 Å². The number of fused-ring (bicyclic) bond motifs is 4. The molecule has 4 nitrogen and oxygen atoms in total. The second kappa shape index (κ2) is 3.72. The van der Waals surface area contributed by atoms with E-state index in [9.17, 15) is 10.2 Å². The summed E-state index contributed by atoms with van der Waals surface area (Å²) in [7, 11) is 0. The molecule has 0 saturated carbocycles. The number of benzene rings is 1. The number of pyridine rings is 1. The summed E-state index contributed by atoms with van der Waals surface area (Å²) >= 11 is 0. The average Bonchev–Trinajstić information content (AvgIpc) is 2.87. The van der Waals surface area contributed by atoms with E-state index in [1.54, 1.807) is 32.3 Å². The first-order chi connectivity index (χ1) is 9.94. The zero-order valence-electron chi connectivity index (χ0n) is 11.9. The van der Waals surface area contributed by atoms with Gasteiger partial charge in [0.05, 0.1) is 5.69 Å². The van der Waals surface area contributed by atoms with Gasteiger partial charge < -0.3 is 15.2 Å². The Kier molecular flexibility index (Phi) is 2.23. The monoisotopic (exact) mass is 280 g/mol. The summed E-state index contributed by atoms with van der Waals surface area (Å²) in [6.07, 6.45) is 3.27. The molecule has 106 valence electrons. The number of hydrogen-bond donors (Lipinski definition) is 3. The van der Waals surface area contributed by atoms with E-state index >= 15 is 0 Å². The van der Waals surface area contributed by atoms with Gasteiger partial charge in [-0.25, -0.2) is 0 Å². The van der Waals surface area contributed by atoms with E-state index in [0.717, 1.165) is 16.5 Å². The molecule has 0 radical (unpaired) electrons. The van der Waals surface area contributed by atoms with Crippen LogP contribution in [0.2, 0.25) is 0 Å². The molecule has 1 aliphatic carbocycles. The van der Waals surface area contributed by atoms with Crippen LogP contribution in [0.3, 0.4) is 0 Å². The minimum absolute atomic E-state index is 0.646. The van der Waals surface area contributed by atoms with Crippen molar-refractivity contribution in [3.63, 3.8) is 0 Å². The van der Waals surface area contributed by atoms with Gasteiger partial charge in [0.25, 0.3) is 0 Å². The van der Waals surface area contributed by atoms with Crippen LogP contribution in [-0.2, 0) is 11.2 Å². The molecule has 21 heavy (non-hydrogen) atoms. The van der Waals surface area contributed by atoms with Crippen LogP contribution in [-0.4, -0.2) is 20.2 Å². The van der Waals surface area contributed by atoms with Gasteiger partial charge in [0, 0.05) is 34.4 Å². The van der Waals surface area contributed by atoms with E-state index in [1.807, 2.05) is 24.3 Å². The van der Waals surface area contributed by atoms with E-state index < -0.39 is 11.2 Å². The molecule has 4 rings (SSSR count). The summed E-state index contributed by atoms with van der Waals surface area (Å²) in [4.78, 5) is 7.39. The van der Waals surface area contributed by atoms with Crippen molar-refractivity contribution < 1.29 is 10.2 Å². The van der Waals surface area contributed by atoms with Gasteiger partial charge in [0.15, 0.2) is 0 Å². The minimum atomic E-state index is -1.19. The Balaban J connectivity index is 2.19. The topological polar surface area (TPSA) is 69.1 Å². The van der Waals surface area contributed by atoms with E-state index in [-0.39, 0.29) is 0 Å². The number of aliphatic hydroxyl groups is 2. The molecule has 3 aromatic rings. The number of rotatable bonds is 0. The van der Waals surface area contributed by atoms with E-state index in [1.165, 1.54) is 0 Å². The van der Waals surface area contributed by atoms with Crippen molar-refractivity contribution in [2.24, 2.45) is 0 Å². The van der Waals surface area contributed by atoms with Crippen molar-refractivity contribution in [2.45, 2.75) is 25.0 Å². The van der Waals surface area contributed by atoms with Crippen LogP contribution >= 0.6 is 0 Å². The molecule has 1 aromatic carbocycles. The van der Waals surface area contributed by atoms with Gasteiger partial charge in [-0.3, -0.25) is 4.98 Å². The zero-order chi connectivity index (χ0) is 14.8. The first kappa shape index (κ1) is 12.6. The van der Waals surface area contributed by atoms with Crippen LogP contribution < -0.4 is 0 Å². The van der Waals surface area contributed by atoms with Crippen molar-refractivity contribution in [3.8, 4) is 0 Å². The molecule has 0 fully saturated rings. The van der Waals surface area contributed by atoms with Crippen molar-refractivity contribution in [1.82, 2.24) is 9.97 Å². The molecule has 0 spiro atoms. The highest BCUT2D eigenvalue weighted by Gasteiger charge is 2.47. The Hall–Kier alpha value is -2.17. The number of para-hydroxylation sites is 1. The molecule has 0 bridgehead atoms. The number of nitrogens with one attached hydrogen (secondary N) is 1. The number of aromatic nitrogens is 2. The Morgan fingerprint density at radius 3 is 2.57 bits per heavy atom. The van der Waals surface area contributed by atoms with Crippen LogP contribution in [0.4, 0.5) is 0 Å². The van der Waals surface area contributed by atoms with Gasteiger partial charge in [-0.1, -0.05) is 18.2 Å². The van der Waals surface area contributed by atoms with E-state index in [4.69, 9.17) is 0 Å². The summed E-state index contributed by atoms with van der Waals surface area (Å²) in [6, 6.07) is 9.53. The van der Waals surface area contributed by atoms with Crippen LogP contribution in [0.25, 0.3) is 10.9 Å². The Bertz CT molecular complexity index is 862. The zero-order valence-corrected chi connectivity index (χ0v) is 11.9. The summed E-state index contributed by atoms with van der Waals surface area (Å²) < 4.78 is 0. The Morgan fingerprint density at radius 1 is 1.00 bits per heavy atom. The number of nitrogens with zero attached hydrogens (tertiary/aromatic N) is 1. The maximum absolute atomic E-state index is 11.1. The third kappa shape index (κ3) is 1.43. The van der Waals surface area contributed by atoms with Crippen molar-refractivity contribution in [3.05, 3.63) is 65.1 Å². The maximum Gasteiger partial charge on any atom is 0.127 e. The standard InChI is InChI=1S/C17H16N2O2/c1-16(20)12-9-18-8-7-11(12)17(2,21)15-14(16)10-5-3-4-6-13(10)19-15/h3-9,19-21H,1-2H3. The molecule has 0 aliphatic heterocycles. The lowest BCUT2D eigenvalue weighted by Gasteiger charge is -2.39. The van der Waals surface area contributed by atoms with E-state index in [2.05, 4.69) is 9.97 Å². The maximum atomic E-state index is 11.1. The minimum Gasteiger partial charge on any atom is -0.381 e. The lowest BCUT2D eigenvalue weighted by Crippen LogP contribution is -2.39. The largest absolute Gasteiger partial charge is 0.381 e. The molecular weight excluding hydrogens is 264 g/mol. The Morgan fingerprint density at radius 2 is 1.76 bits per heavy atom. The van der Waals surface area contributed by atoms with Crippen LogP contribution in [0, 0.1) is 0 Å². The molecule has 1 aliphatic rings. The lowest BCUT2D eigenvalue weighted by atomic mass is 9.72. The summed E-state index contributed by atoms with van der Waals surface area (Å²) in [6.45, 7) is 3.50. The molecule has 0 amide bonds. The highest BCUT2D eigenvalue weighted by molar-refractivity contribution is 5.87. The van der Waals surface area contributed by atoms with Gasteiger partial charge >= 0.3 is 0 Å². The van der Waals surface area contributed by atoms with Crippen LogP contribution in [0.15, 0.2) is 42.7 Å². The fraction of sp³-hybridized carbons (Fsp3) is 0.235. The second-order valence-electron chi connectivity index (χ2n) is 5.99. The number of H-pyrrole nitrogens is 1. The summed E-state index contributed by atoms with van der Waals surface area (Å²) in [5.41, 5.74) is 1.23. The fourth-order valence-corrected chi connectivity index (χ4v) is 3.49. The summed E-state index contributed by atoms with van der Waals surface area (Å²) in [5, 5.41) is 23.1. The van der Waals surface area contributed by atoms with Gasteiger partial charge in [-0.05, 0) is 31.5 Å². The van der Waals surface area contributed by atoms with Crippen molar-refractivity contribution in [2.75, 3.05) is 0 Å². The predicted octanol–water partition coefficient (Wildman–Crippen LogP) is 2.39. The van der Waals surface area contributed by atoms with Gasteiger partial charge in [-0.15, -0.1) is 0 Å².